The Kier molecular flexibility index (Phi) is 8.37. The monoisotopic (exact) mass is 473 g/mol. The Bertz CT molecular complexity index is 1110. The van der Waals surface area contributed by atoms with Crippen LogP contribution in [0.1, 0.15) is 44.1 Å². The number of carbonyl (C=O) groups excluding carboxylic acids is 1. The highest BCUT2D eigenvalue weighted by molar-refractivity contribution is 6.22. The standard InChI is InChI=1S/C29H35N3O3/c1-4-23-13-8-14-25(19-23)32-28(33)27(20-24-11-6-5-7-12-24)30-29(32)31(16-10-18-34-22(2)3)21-26-15-9-17-35-26/h5-9,11-15,17,19,22,27H,4,10,16,18,20-21H2,1-3H3. The van der Waals surface area contributed by atoms with Gasteiger partial charge in [-0.1, -0.05) is 49.4 Å². The molecule has 184 valence electrons. The predicted molar refractivity (Wildman–Crippen MR) is 139 cm³/mol. The van der Waals surface area contributed by atoms with Crippen LogP contribution in [0.4, 0.5) is 5.69 Å². The van der Waals surface area contributed by atoms with Crippen molar-refractivity contribution in [2.45, 2.75) is 58.7 Å². The van der Waals surface area contributed by atoms with Crippen LogP contribution in [0.25, 0.3) is 0 Å². The van der Waals surface area contributed by atoms with Gasteiger partial charge in [0, 0.05) is 19.6 Å². The number of anilines is 1. The summed E-state index contributed by atoms with van der Waals surface area (Å²) in [6.07, 6.45) is 4.15. The predicted octanol–water partition coefficient (Wildman–Crippen LogP) is 5.47. The third kappa shape index (κ3) is 6.40. The molecule has 0 N–H and O–H groups in total. The van der Waals surface area contributed by atoms with Gasteiger partial charge < -0.3 is 14.1 Å². The van der Waals surface area contributed by atoms with Crippen LogP contribution in [-0.2, 0) is 28.9 Å². The fourth-order valence-electron chi connectivity index (χ4n) is 4.27. The third-order valence-corrected chi connectivity index (χ3v) is 6.06. The lowest BCUT2D eigenvalue weighted by Gasteiger charge is -2.29. The number of benzene rings is 2. The Hall–Kier alpha value is -3.38. The Morgan fingerprint density at radius 3 is 2.57 bits per heavy atom. The third-order valence-electron chi connectivity index (χ3n) is 6.06. The normalized spacial score (nSPS) is 15.7. The first-order valence-corrected chi connectivity index (χ1v) is 12.5. The summed E-state index contributed by atoms with van der Waals surface area (Å²) in [6, 6.07) is 21.6. The van der Waals surface area contributed by atoms with E-state index >= 15 is 0 Å². The number of carbonyl (C=O) groups is 1. The molecule has 0 radical (unpaired) electrons. The van der Waals surface area contributed by atoms with Gasteiger partial charge in [-0.3, -0.25) is 4.79 Å². The second-order valence-electron chi connectivity index (χ2n) is 9.11. The summed E-state index contributed by atoms with van der Waals surface area (Å²) >= 11 is 0. The zero-order valence-electron chi connectivity index (χ0n) is 20.9. The molecule has 6 nitrogen and oxygen atoms in total. The fourth-order valence-corrected chi connectivity index (χ4v) is 4.27. The Labute approximate surface area is 208 Å². The topological polar surface area (TPSA) is 58.3 Å². The largest absolute Gasteiger partial charge is 0.467 e. The number of nitrogens with zero attached hydrogens (tertiary/aromatic N) is 3. The SMILES string of the molecule is CCc1cccc(N2C(=O)C(Cc3ccccc3)N=C2N(CCCOC(C)C)Cc2ccco2)c1. The van der Waals surface area contributed by atoms with Crippen LogP contribution in [-0.4, -0.2) is 42.1 Å². The van der Waals surface area contributed by atoms with Gasteiger partial charge in [-0.05, 0) is 62.1 Å². The van der Waals surface area contributed by atoms with Gasteiger partial charge in [0.25, 0.3) is 5.91 Å². The van der Waals surface area contributed by atoms with E-state index in [1.54, 1.807) is 11.2 Å². The number of hydrogen-bond donors (Lipinski definition) is 0. The van der Waals surface area contributed by atoms with Crippen molar-refractivity contribution in [2.75, 3.05) is 18.1 Å². The van der Waals surface area contributed by atoms with E-state index < -0.39 is 6.04 Å². The Morgan fingerprint density at radius 2 is 1.86 bits per heavy atom. The number of hydrogen-bond acceptors (Lipinski definition) is 5. The minimum atomic E-state index is -0.469. The average Bonchev–Trinajstić information content (AvgIpc) is 3.49. The van der Waals surface area contributed by atoms with Crippen molar-refractivity contribution >= 4 is 17.6 Å². The van der Waals surface area contributed by atoms with Crippen LogP contribution in [0, 0.1) is 0 Å². The van der Waals surface area contributed by atoms with Gasteiger partial charge in [0.15, 0.2) is 0 Å². The molecule has 6 heteroatoms. The Balaban J connectivity index is 1.66. The maximum absolute atomic E-state index is 13.8. The van der Waals surface area contributed by atoms with Crippen LogP contribution in [0.15, 0.2) is 82.4 Å². The summed E-state index contributed by atoms with van der Waals surface area (Å²) in [5, 5.41) is 0. The van der Waals surface area contributed by atoms with Crippen LogP contribution in [0.3, 0.4) is 0 Å². The first-order chi connectivity index (χ1) is 17.0. The second kappa shape index (κ2) is 11.8. The fraction of sp³-hybridized carbons (Fsp3) is 0.379. The van der Waals surface area contributed by atoms with Gasteiger partial charge in [-0.25, -0.2) is 9.89 Å². The lowest BCUT2D eigenvalue weighted by molar-refractivity contribution is -0.118. The van der Waals surface area contributed by atoms with Crippen molar-refractivity contribution in [3.05, 3.63) is 89.9 Å². The van der Waals surface area contributed by atoms with Crippen molar-refractivity contribution < 1.29 is 13.9 Å². The molecule has 4 rings (SSSR count). The lowest BCUT2D eigenvalue weighted by Crippen LogP contribution is -2.45. The van der Waals surface area contributed by atoms with E-state index in [4.69, 9.17) is 14.1 Å². The van der Waals surface area contributed by atoms with E-state index in [-0.39, 0.29) is 12.0 Å². The molecule has 1 unspecified atom stereocenters. The van der Waals surface area contributed by atoms with Crippen LogP contribution >= 0.6 is 0 Å². The number of aliphatic imine (C=N–C) groups is 1. The number of aryl methyl sites for hydroxylation is 1. The minimum absolute atomic E-state index is 0.0000172. The van der Waals surface area contributed by atoms with Gasteiger partial charge in [0.1, 0.15) is 11.8 Å². The number of amides is 1. The van der Waals surface area contributed by atoms with Gasteiger partial charge >= 0.3 is 0 Å². The molecule has 2 heterocycles. The van der Waals surface area contributed by atoms with Crippen molar-refractivity contribution in [3.8, 4) is 0 Å². The number of guanidine groups is 1. The van der Waals surface area contributed by atoms with E-state index in [2.05, 4.69) is 24.0 Å². The lowest BCUT2D eigenvalue weighted by atomic mass is 10.1. The molecule has 1 aromatic heterocycles. The molecule has 1 aliphatic heterocycles. The zero-order chi connectivity index (χ0) is 24.6. The minimum Gasteiger partial charge on any atom is -0.467 e. The van der Waals surface area contributed by atoms with Crippen molar-refractivity contribution in [1.82, 2.24) is 4.90 Å². The van der Waals surface area contributed by atoms with Crippen molar-refractivity contribution in [3.63, 3.8) is 0 Å². The average molecular weight is 474 g/mol. The molecule has 0 aliphatic carbocycles. The molecule has 3 aromatic rings. The van der Waals surface area contributed by atoms with Crippen molar-refractivity contribution in [2.24, 2.45) is 4.99 Å². The maximum atomic E-state index is 13.8. The smallest absolute Gasteiger partial charge is 0.259 e. The molecular formula is C29H35N3O3. The van der Waals surface area contributed by atoms with Crippen molar-refractivity contribution in [1.29, 1.82) is 0 Å². The van der Waals surface area contributed by atoms with E-state index in [9.17, 15) is 4.79 Å². The highest BCUT2D eigenvalue weighted by Gasteiger charge is 2.38. The molecule has 0 saturated heterocycles. The summed E-state index contributed by atoms with van der Waals surface area (Å²) in [4.78, 5) is 22.7. The quantitative estimate of drug-likeness (QED) is 0.346. The molecule has 1 atom stereocenters. The van der Waals surface area contributed by atoms with Crippen LogP contribution < -0.4 is 4.90 Å². The molecule has 35 heavy (non-hydrogen) atoms. The summed E-state index contributed by atoms with van der Waals surface area (Å²) < 4.78 is 11.4. The number of rotatable bonds is 11. The van der Waals surface area contributed by atoms with Gasteiger partial charge in [0.05, 0.1) is 24.6 Å². The zero-order valence-corrected chi connectivity index (χ0v) is 20.9. The molecule has 0 fully saturated rings. The first kappa shape index (κ1) is 24.7. The molecule has 0 bridgehead atoms. The summed E-state index contributed by atoms with van der Waals surface area (Å²) in [6.45, 7) is 8.07. The summed E-state index contributed by atoms with van der Waals surface area (Å²) in [5.41, 5.74) is 3.14. The maximum Gasteiger partial charge on any atom is 0.259 e. The molecule has 0 saturated carbocycles. The van der Waals surface area contributed by atoms with E-state index in [1.165, 1.54) is 5.56 Å². The summed E-state index contributed by atoms with van der Waals surface area (Å²) in [7, 11) is 0. The van der Waals surface area contributed by atoms with Crippen LogP contribution in [0.5, 0.6) is 0 Å². The Morgan fingerprint density at radius 1 is 1.06 bits per heavy atom. The van der Waals surface area contributed by atoms with Crippen LogP contribution in [0.2, 0.25) is 0 Å². The molecule has 1 amide bonds. The molecular weight excluding hydrogens is 438 g/mol. The molecule has 1 aliphatic rings. The first-order valence-electron chi connectivity index (χ1n) is 12.5. The van der Waals surface area contributed by atoms with Gasteiger partial charge in [-0.15, -0.1) is 0 Å². The molecule has 2 aromatic carbocycles. The number of ether oxygens (including phenoxy) is 1. The van der Waals surface area contributed by atoms with Gasteiger partial charge in [0.2, 0.25) is 5.96 Å². The van der Waals surface area contributed by atoms with Gasteiger partial charge in [-0.2, -0.15) is 0 Å². The number of furan rings is 1. The summed E-state index contributed by atoms with van der Waals surface area (Å²) in [5.74, 6) is 1.50. The molecule has 0 spiro atoms. The second-order valence-corrected chi connectivity index (χ2v) is 9.11. The van der Waals surface area contributed by atoms with E-state index in [1.807, 2.05) is 68.4 Å². The van der Waals surface area contributed by atoms with E-state index in [0.29, 0.717) is 32.1 Å². The highest BCUT2D eigenvalue weighted by Crippen LogP contribution is 2.27. The van der Waals surface area contributed by atoms with E-state index in [0.717, 1.165) is 29.9 Å². The highest BCUT2D eigenvalue weighted by atomic mass is 16.5.